The molecule has 2 heterocycles. The summed E-state index contributed by atoms with van der Waals surface area (Å²) in [6.45, 7) is 2.62. The van der Waals surface area contributed by atoms with Crippen LogP contribution in [0.3, 0.4) is 0 Å². The number of rotatable bonds is 4. The number of carbonyl (C=O) groups excluding carboxylic acids is 3. The first-order chi connectivity index (χ1) is 9.95. The molecule has 0 radical (unpaired) electrons. The Morgan fingerprint density at radius 2 is 2.24 bits per heavy atom. The van der Waals surface area contributed by atoms with Gasteiger partial charge in [-0.1, -0.05) is 0 Å². The molecule has 1 aromatic rings. The highest BCUT2D eigenvalue weighted by molar-refractivity contribution is 5.93. The van der Waals surface area contributed by atoms with E-state index in [1.54, 1.807) is 11.1 Å². The normalized spacial score (nSPS) is 18.3. The van der Waals surface area contributed by atoms with Gasteiger partial charge < -0.3 is 16.0 Å². The Bertz CT molecular complexity index is 554. The van der Waals surface area contributed by atoms with Gasteiger partial charge in [-0.2, -0.15) is 5.10 Å². The monoisotopic (exact) mass is 293 g/mol. The largest absolute Gasteiger partial charge is 0.368 e. The molecule has 3 N–H and O–H groups in total. The van der Waals surface area contributed by atoms with E-state index in [-0.39, 0.29) is 24.3 Å². The molecule has 1 fully saturated rings. The van der Waals surface area contributed by atoms with E-state index >= 15 is 0 Å². The number of primary amides is 1. The van der Waals surface area contributed by atoms with Crippen molar-refractivity contribution in [2.75, 3.05) is 18.4 Å². The highest BCUT2D eigenvalue weighted by atomic mass is 16.2. The van der Waals surface area contributed by atoms with E-state index < -0.39 is 5.91 Å². The van der Waals surface area contributed by atoms with Gasteiger partial charge in [0.2, 0.25) is 17.7 Å². The molecular weight excluding hydrogens is 274 g/mol. The molecule has 0 unspecified atom stereocenters. The molecule has 0 aliphatic carbocycles. The van der Waals surface area contributed by atoms with Crippen molar-refractivity contribution in [3.8, 4) is 0 Å². The quantitative estimate of drug-likeness (QED) is 0.784. The fourth-order valence-electron chi connectivity index (χ4n) is 2.40. The minimum absolute atomic E-state index is 0.0122. The number of aromatic nitrogens is 2. The maximum Gasteiger partial charge on any atom is 0.239 e. The van der Waals surface area contributed by atoms with E-state index in [0.717, 1.165) is 12.8 Å². The number of nitrogens with two attached hydrogens (primary N) is 1. The topological polar surface area (TPSA) is 110 Å². The molecule has 8 heteroatoms. The second-order valence-electron chi connectivity index (χ2n) is 5.19. The van der Waals surface area contributed by atoms with Crippen LogP contribution in [0.25, 0.3) is 0 Å². The van der Waals surface area contributed by atoms with Crippen molar-refractivity contribution in [1.82, 2.24) is 14.7 Å². The third kappa shape index (κ3) is 4.04. The number of carbonyl (C=O) groups is 3. The summed E-state index contributed by atoms with van der Waals surface area (Å²) in [4.78, 5) is 36.0. The Morgan fingerprint density at radius 1 is 1.48 bits per heavy atom. The highest BCUT2D eigenvalue weighted by Gasteiger charge is 2.27. The number of nitrogens with zero attached hydrogens (tertiary/aromatic N) is 3. The third-order valence-corrected chi connectivity index (χ3v) is 3.46. The molecule has 1 atom stereocenters. The molecule has 0 bridgehead atoms. The number of amides is 3. The van der Waals surface area contributed by atoms with E-state index in [4.69, 9.17) is 5.73 Å². The van der Waals surface area contributed by atoms with Crippen LogP contribution >= 0.6 is 0 Å². The average Bonchev–Trinajstić information content (AvgIpc) is 2.85. The minimum atomic E-state index is -0.500. The van der Waals surface area contributed by atoms with Crippen LogP contribution in [0.5, 0.6) is 0 Å². The van der Waals surface area contributed by atoms with Gasteiger partial charge in [-0.25, -0.2) is 0 Å². The van der Waals surface area contributed by atoms with E-state index in [0.29, 0.717) is 18.8 Å². The first kappa shape index (κ1) is 15.0. The van der Waals surface area contributed by atoms with E-state index in [1.807, 2.05) is 0 Å². The van der Waals surface area contributed by atoms with Gasteiger partial charge in [0.1, 0.15) is 6.54 Å². The van der Waals surface area contributed by atoms with Crippen molar-refractivity contribution in [2.24, 2.45) is 11.7 Å². The average molecular weight is 293 g/mol. The van der Waals surface area contributed by atoms with Gasteiger partial charge in [0.15, 0.2) is 0 Å². The molecule has 3 amide bonds. The number of hydrogen-bond donors (Lipinski definition) is 2. The third-order valence-electron chi connectivity index (χ3n) is 3.46. The molecule has 2 rings (SSSR count). The summed E-state index contributed by atoms with van der Waals surface area (Å²) in [7, 11) is 0. The summed E-state index contributed by atoms with van der Waals surface area (Å²) in [6, 6.07) is 0. The summed E-state index contributed by atoms with van der Waals surface area (Å²) in [5, 5.41) is 6.69. The van der Waals surface area contributed by atoms with Gasteiger partial charge in [-0.05, 0) is 12.8 Å². The standard InChI is InChI=1S/C13H19N5O3/c1-9(19)17-4-2-3-10(6-17)13(21)16-11-5-15-18(7-11)8-12(14)20/h5,7,10H,2-4,6,8H2,1H3,(H2,14,20)(H,16,21)/t10-/m0/s1. The summed E-state index contributed by atoms with van der Waals surface area (Å²) >= 11 is 0. The van der Waals surface area contributed by atoms with Crippen molar-refractivity contribution >= 4 is 23.4 Å². The Kier molecular flexibility index (Phi) is 4.56. The fourth-order valence-corrected chi connectivity index (χ4v) is 2.40. The van der Waals surface area contributed by atoms with E-state index in [9.17, 15) is 14.4 Å². The zero-order valence-corrected chi connectivity index (χ0v) is 11.9. The van der Waals surface area contributed by atoms with Crippen LogP contribution in [-0.2, 0) is 20.9 Å². The first-order valence-electron chi connectivity index (χ1n) is 6.83. The van der Waals surface area contributed by atoms with Gasteiger partial charge in [0.25, 0.3) is 0 Å². The predicted octanol–water partition coefficient (Wildman–Crippen LogP) is -0.435. The lowest BCUT2D eigenvalue weighted by Gasteiger charge is -2.31. The van der Waals surface area contributed by atoms with Gasteiger partial charge in [-0.3, -0.25) is 19.1 Å². The van der Waals surface area contributed by atoms with Crippen LogP contribution in [0, 0.1) is 5.92 Å². The Morgan fingerprint density at radius 3 is 2.90 bits per heavy atom. The van der Waals surface area contributed by atoms with Gasteiger partial charge in [0, 0.05) is 26.2 Å². The van der Waals surface area contributed by atoms with Gasteiger partial charge in [0.05, 0.1) is 17.8 Å². The second-order valence-corrected chi connectivity index (χ2v) is 5.19. The van der Waals surface area contributed by atoms with Crippen molar-refractivity contribution < 1.29 is 14.4 Å². The summed E-state index contributed by atoms with van der Waals surface area (Å²) in [5.74, 6) is -0.871. The lowest BCUT2D eigenvalue weighted by molar-refractivity contribution is -0.132. The molecular formula is C13H19N5O3. The van der Waals surface area contributed by atoms with Crippen molar-refractivity contribution in [3.63, 3.8) is 0 Å². The van der Waals surface area contributed by atoms with Crippen LogP contribution in [0.1, 0.15) is 19.8 Å². The van der Waals surface area contributed by atoms with Crippen molar-refractivity contribution in [2.45, 2.75) is 26.3 Å². The molecule has 0 spiro atoms. The first-order valence-corrected chi connectivity index (χ1v) is 6.83. The minimum Gasteiger partial charge on any atom is -0.368 e. The van der Waals surface area contributed by atoms with Crippen LogP contribution < -0.4 is 11.1 Å². The smallest absolute Gasteiger partial charge is 0.239 e. The lowest BCUT2D eigenvalue weighted by atomic mass is 9.97. The molecule has 0 saturated carbocycles. The predicted molar refractivity (Wildman–Crippen MR) is 75.0 cm³/mol. The highest BCUT2D eigenvalue weighted by Crippen LogP contribution is 2.18. The van der Waals surface area contributed by atoms with Crippen LogP contribution in [0.15, 0.2) is 12.4 Å². The Labute approximate surface area is 122 Å². The van der Waals surface area contributed by atoms with Gasteiger partial charge >= 0.3 is 0 Å². The van der Waals surface area contributed by atoms with Crippen molar-refractivity contribution in [3.05, 3.63) is 12.4 Å². The Balaban J connectivity index is 1.93. The Hall–Kier alpha value is -2.38. The molecule has 1 aliphatic rings. The summed E-state index contributed by atoms with van der Waals surface area (Å²) in [5.41, 5.74) is 5.59. The molecule has 8 nitrogen and oxygen atoms in total. The fraction of sp³-hybridized carbons (Fsp3) is 0.538. The van der Waals surface area contributed by atoms with Crippen LogP contribution in [0.2, 0.25) is 0 Å². The number of nitrogens with one attached hydrogen (secondary N) is 1. The van der Waals surface area contributed by atoms with E-state index in [1.165, 1.54) is 17.8 Å². The molecule has 1 aromatic heterocycles. The zero-order valence-electron chi connectivity index (χ0n) is 11.9. The number of likely N-dealkylation sites (tertiary alicyclic amines) is 1. The molecule has 21 heavy (non-hydrogen) atoms. The SMILES string of the molecule is CC(=O)N1CCC[C@H](C(=O)Nc2cnn(CC(N)=O)c2)C1. The maximum atomic E-state index is 12.2. The summed E-state index contributed by atoms with van der Waals surface area (Å²) < 4.78 is 1.36. The maximum absolute atomic E-state index is 12.2. The molecule has 114 valence electrons. The molecule has 1 aliphatic heterocycles. The zero-order chi connectivity index (χ0) is 15.4. The lowest BCUT2D eigenvalue weighted by Crippen LogP contribution is -2.42. The molecule has 0 aromatic carbocycles. The second kappa shape index (κ2) is 6.38. The number of hydrogen-bond acceptors (Lipinski definition) is 4. The van der Waals surface area contributed by atoms with Crippen molar-refractivity contribution in [1.29, 1.82) is 0 Å². The number of piperidine rings is 1. The molecule has 1 saturated heterocycles. The number of anilines is 1. The van der Waals surface area contributed by atoms with Crippen LogP contribution in [0.4, 0.5) is 5.69 Å². The van der Waals surface area contributed by atoms with Gasteiger partial charge in [-0.15, -0.1) is 0 Å². The van der Waals surface area contributed by atoms with E-state index in [2.05, 4.69) is 10.4 Å². The van der Waals surface area contributed by atoms with Crippen LogP contribution in [-0.4, -0.2) is 45.5 Å². The summed E-state index contributed by atoms with van der Waals surface area (Å²) in [6.07, 6.45) is 4.59.